The third kappa shape index (κ3) is 8.60. The molecule has 0 radical (unpaired) electrons. The highest BCUT2D eigenvalue weighted by molar-refractivity contribution is 5.99. The zero-order valence-corrected chi connectivity index (χ0v) is 29.2. The number of benzene rings is 4. The molecule has 0 bridgehead atoms. The minimum Gasteiger partial charge on any atom is -0.494 e. The lowest BCUT2D eigenvalue weighted by molar-refractivity contribution is -0.150. The third-order valence-corrected chi connectivity index (χ3v) is 8.97. The van der Waals surface area contributed by atoms with E-state index < -0.39 is 36.4 Å². The summed E-state index contributed by atoms with van der Waals surface area (Å²) in [7, 11) is 0. The summed E-state index contributed by atoms with van der Waals surface area (Å²) in [5.41, 5.74) is 0.969. The maximum Gasteiger partial charge on any atom is 0.349 e. The molecule has 0 unspecified atom stereocenters. The van der Waals surface area contributed by atoms with E-state index in [2.05, 4.69) is 18.7 Å². The Morgan fingerprint density at radius 1 is 0.750 bits per heavy atom. The van der Waals surface area contributed by atoms with Crippen LogP contribution in [0.3, 0.4) is 0 Å². The first kappa shape index (κ1) is 36.1. The standard InChI is InChI=1S/C42H40N2O8/c1-4-6-16-47-34-14-12-29-18-27(8-10-31(29)22-34)20-33(24-43)41(45)51-37-25-49-40-38(26-50-39(37)40)52-42(46)36(44-3)21-28-9-11-32-23-35(48-17-7-5-2)15-13-30(32)19-28/h8-15,18-23,37-40H,4-7,16-17,25-26H2,1-2H3/b33-20+,36-21-/t37-,38+,39+,40+/m0/s1. The fourth-order valence-corrected chi connectivity index (χ4v) is 6.14. The van der Waals surface area contributed by atoms with Gasteiger partial charge in [0.1, 0.15) is 35.3 Å². The quantitative estimate of drug-likeness (QED) is 0.0426. The van der Waals surface area contributed by atoms with Gasteiger partial charge in [-0.3, -0.25) is 4.79 Å². The summed E-state index contributed by atoms with van der Waals surface area (Å²) in [5.74, 6) is -0.0303. The van der Waals surface area contributed by atoms with Crippen LogP contribution in [0.4, 0.5) is 0 Å². The second-order valence-corrected chi connectivity index (χ2v) is 12.7. The number of fused-ring (bicyclic) bond motifs is 3. The predicted octanol–water partition coefficient (Wildman–Crippen LogP) is 7.84. The van der Waals surface area contributed by atoms with Crippen LogP contribution in [0.1, 0.15) is 50.7 Å². The third-order valence-electron chi connectivity index (χ3n) is 8.97. The molecule has 2 heterocycles. The van der Waals surface area contributed by atoms with E-state index in [4.69, 9.17) is 35.0 Å². The van der Waals surface area contributed by atoms with Crippen LogP contribution >= 0.6 is 0 Å². The van der Waals surface area contributed by atoms with Crippen LogP contribution < -0.4 is 9.47 Å². The van der Waals surface area contributed by atoms with Crippen LogP contribution in [0.15, 0.2) is 84.1 Å². The molecule has 6 rings (SSSR count). The van der Waals surface area contributed by atoms with Gasteiger partial charge >= 0.3 is 11.9 Å². The minimum atomic E-state index is -0.813. The molecule has 266 valence electrons. The lowest BCUT2D eigenvalue weighted by atomic mass is 10.0. The average molecular weight is 701 g/mol. The largest absolute Gasteiger partial charge is 0.494 e. The Balaban J connectivity index is 1.05. The number of ether oxygens (including phenoxy) is 6. The van der Waals surface area contributed by atoms with E-state index in [0.29, 0.717) is 24.3 Å². The number of carbonyl (C=O) groups excluding carboxylic acids is 2. The molecule has 0 N–H and O–H groups in total. The Bertz CT molecular complexity index is 1940. The van der Waals surface area contributed by atoms with Crippen molar-refractivity contribution in [3.63, 3.8) is 0 Å². The summed E-state index contributed by atoms with van der Waals surface area (Å²) < 4.78 is 34.6. The van der Waals surface area contributed by atoms with Crippen LogP contribution in [0.25, 0.3) is 38.5 Å². The van der Waals surface area contributed by atoms with Gasteiger partial charge in [0, 0.05) is 0 Å². The van der Waals surface area contributed by atoms with E-state index in [9.17, 15) is 14.9 Å². The lowest BCUT2D eigenvalue weighted by Gasteiger charge is -2.17. The molecule has 2 aliphatic rings. The normalized spacial score (nSPS) is 19.8. The number of carbonyl (C=O) groups is 2. The molecule has 52 heavy (non-hydrogen) atoms. The van der Waals surface area contributed by atoms with Crippen molar-refractivity contribution in [3.05, 3.63) is 107 Å². The van der Waals surface area contributed by atoms with E-state index in [1.165, 1.54) is 12.2 Å². The van der Waals surface area contributed by atoms with Crippen LogP contribution in [-0.4, -0.2) is 62.8 Å². The van der Waals surface area contributed by atoms with Gasteiger partial charge in [-0.25, -0.2) is 9.64 Å². The van der Waals surface area contributed by atoms with Gasteiger partial charge in [-0.05, 0) is 94.1 Å². The average Bonchev–Trinajstić information content (AvgIpc) is 3.75. The van der Waals surface area contributed by atoms with Gasteiger partial charge in [0.15, 0.2) is 12.2 Å². The fraction of sp³-hybridized carbons (Fsp3) is 0.333. The lowest BCUT2D eigenvalue weighted by Crippen LogP contribution is -2.36. The fourth-order valence-electron chi connectivity index (χ4n) is 6.14. The van der Waals surface area contributed by atoms with Gasteiger partial charge in [-0.1, -0.05) is 63.1 Å². The zero-order valence-electron chi connectivity index (χ0n) is 29.2. The van der Waals surface area contributed by atoms with E-state index in [0.717, 1.165) is 58.7 Å². The Labute approximate surface area is 302 Å². The number of hydrogen-bond acceptors (Lipinski definition) is 9. The van der Waals surface area contributed by atoms with E-state index in [1.54, 1.807) is 0 Å². The second-order valence-electron chi connectivity index (χ2n) is 12.7. The minimum absolute atomic E-state index is 0.000428. The van der Waals surface area contributed by atoms with E-state index in [1.807, 2.05) is 78.9 Å². The topological polar surface area (TPSA) is 118 Å². The van der Waals surface area contributed by atoms with Crippen LogP contribution in [0, 0.1) is 17.9 Å². The Kier molecular flexibility index (Phi) is 11.8. The van der Waals surface area contributed by atoms with Gasteiger partial charge in [0.2, 0.25) is 0 Å². The van der Waals surface area contributed by atoms with Gasteiger partial charge in [0.25, 0.3) is 5.70 Å². The molecule has 0 aromatic heterocycles. The van der Waals surface area contributed by atoms with Crippen LogP contribution in [0.2, 0.25) is 0 Å². The highest BCUT2D eigenvalue weighted by atomic mass is 16.7. The molecule has 2 saturated heterocycles. The Morgan fingerprint density at radius 2 is 1.23 bits per heavy atom. The molecule has 0 spiro atoms. The van der Waals surface area contributed by atoms with Crippen molar-refractivity contribution >= 4 is 45.6 Å². The molecule has 4 aromatic rings. The zero-order chi connectivity index (χ0) is 36.5. The van der Waals surface area contributed by atoms with E-state index >= 15 is 0 Å². The number of rotatable bonds is 14. The number of esters is 2. The number of hydrogen-bond donors (Lipinski definition) is 0. The summed E-state index contributed by atoms with van der Waals surface area (Å²) in [6.07, 6.45) is 4.02. The summed E-state index contributed by atoms with van der Waals surface area (Å²) in [6, 6.07) is 24.8. The van der Waals surface area contributed by atoms with Crippen LogP contribution in [0.5, 0.6) is 11.5 Å². The predicted molar refractivity (Wildman–Crippen MR) is 196 cm³/mol. The molecule has 0 saturated carbocycles. The van der Waals surface area contributed by atoms with Gasteiger partial charge in [0.05, 0.1) is 33.0 Å². The molecule has 4 atom stereocenters. The van der Waals surface area contributed by atoms with E-state index in [-0.39, 0.29) is 24.5 Å². The van der Waals surface area contributed by atoms with Crippen molar-refractivity contribution in [1.82, 2.24) is 0 Å². The molecule has 0 aliphatic carbocycles. The van der Waals surface area contributed by atoms with Crippen LogP contribution in [-0.2, 0) is 28.5 Å². The van der Waals surface area contributed by atoms with Crippen molar-refractivity contribution in [2.75, 3.05) is 26.4 Å². The first-order valence-electron chi connectivity index (χ1n) is 17.6. The smallest absolute Gasteiger partial charge is 0.349 e. The maximum absolute atomic E-state index is 13.1. The highest BCUT2D eigenvalue weighted by Gasteiger charge is 2.51. The summed E-state index contributed by atoms with van der Waals surface area (Å²) in [4.78, 5) is 29.6. The van der Waals surface area contributed by atoms with Gasteiger partial charge in [-0.15, -0.1) is 0 Å². The molecule has 10 nitrogen and oxygen atoms in total. The van der Waals surface area contributed by atoms with Crippen molar-refractivity contribution in [1.29, 1.82) is 5.26 Å². The molecule has 10 heteroatoms. The van der Waals surface area contributed by atoms with Gasteiger partial charge in [-0.2, -0.15) is 5.26 Å². The summed E-state index contributed by atoms with van der Waals surface area (Å²) in [5, 5.41) is 13.6. The maximum atomic E-state index is 13.1. The Hall–Kier alpha value is -5.68. The first-order valence-corrected chi connectivity index (χ1v) is 17.6. The molecular weight excluding hydrogens is 660 g/mol. The molecule has 0 amide bonds. The summed E-state index contributed by atoms with van der Waals surface area (Å²) in [6.45, 7) is 13.2. The number of nitrogens with zero attached hydrogens (tertiary/aromatic N) is 2. The van der Waals surface area contributed by atoms with Crippen molar-refractivity contribution in [3.8, 4) is 17.6 Å². The van der Waals surface area contributed by atoms with Crippen molar-refractivity contribution < 1.29 is 38.0 Å². The van der Waals surface area contributed by atoms with Crippen molar-refractivity contribution in [2.24, 2.45) is 0 Å². The van der Waals surface area contributed by atoms with Gasteiger partial charge < -0.3 is 28.4 Å². The SMILES string of the molecule is [C-]#[N+]/C(=C\c1ccc2cc(OCCCC)ccc2c1)C(=O)O[C@@H]1CO[C@H]2[C@@H]1OC[C@@H]2OC(=O)/C(C#N)=C/c1ccc2cc(OCCCC)ccc2c1. The molecule has 2 fully saturated rings. The molecule has 4 aromatic carbocycles. The first-order chi connectivity index (χ1) is 25.4. The molecular formula is C42H40N2O8. The highest BCUT2D eigenvalue weighted by Crippen LogP contribution is 2.32. The monoisotopic (exact) mass is 700 g/mol. The number of nitriles is 1. The number of unbranched alkanes of at least 4 members (excludes halogenated alkanes) is 2. The van der Waals surface area contributed by atoms with Crippen molar-refractivity contribution in [2.45, 2.75) is 63.9 Å². The summed E-state index contributed by atoms with van der Waals surface area (Å²) >= 11 is 0. The Morgan fingerprint density at radius 3 is 1.73 bits per heavy atom. The molecule has 2 aliphatic heterocycles. The second kappa shape index (κ2) is 17.0.